The van der Waals surface area contributed by atoms with Crippen LogP contribution in [0.5, 0.6) is 0 Å². The average molecular weight is 328 g/mol. The summed E-state index contributed by atoms with van der Waals surface area (Å²) in [5.41, 5.74) is 0.669. The molecule has 2 nitrogen and oxygen atoms in total. The van der Waals surface area contributed by atoms with Gasteiger partial charge in [0, 0.05) is 27.8 Å². The lowest BCUT2D eigenvalue weighted by molar-refractivity contribution is -0.115. The maximum absolute atomic E-state index is 13.0. The summed E-state index contributed by atoms with van der Waals surface area (Å²) in [5.74, 6) is -1.43. The van der Waals surface area contributed by atoms with E-state index in [0.29, 0.717) is 21.4 Å². The molecule has 2 rings (SSSR count). The number of anilines is 1. The summed E-state index contributed by atoms with van der Waals surface area (Å²) in [6.45, 7) is 0. The first kappa shape index (κ1) is 15.8. The second-order valence-electron chi connectivity index (χ2n) is 4.23. The van der Waals surface area contributed by atoms with Gasteiger partial charge in [0.1, 0.15) is 0 Å². The Hall–Kier alpha value is -1.59. The largest absolute Gasteiger partial charge is 0.326 e. The fourth-order valence-electron chi connectivity index (χ4n) is 1.58. The van der Waals surface area contributed by atoms with Crippen molar-refractivity contribution in [3.05, 3.63) is 59.1 Å². The van der Waals surface area contributed by atoms with E-state index < -0.39 is 11.6 Å². The Labute approximate surface area is 130 Å². The molecular weight excluding hydrogens is 316 g/mol. The molecular formula is C15H12ClF2NOS. The molecule has 6 heteroatoms. The van der Waals surface area contributed by atoms with Crippen LogP contribution in [0.25, 0.3) is 0 Å². The third-order valence-electron chi connectivity index (χ3n) is 2.62. The van der Waals surface area contributed by atoms with E-state index in [2.05, 4.69) is 5.32 Å². The molecule has 1 amide bonds. The SMILES string of the molecule is O=C(CCSc1ccc(F)c(F)c1)Nc1ccc(Cl)cc1. The summed E-state index contributed by atoms with van der Waals surface area (Å²) in [4.78, 5) is 12.3. The van der Waals surface area contributed by atoms with Gasteiger partial charge in [0.2, 0.25) is 5.91 Å². The predicted molar refractivity (Wildman–Crippen MR) is 81.8 cm³/mol. The van der Waals surface area contributed by atoms with Gasteiger partial charge in [0.05, 0.1) is 0 Å². The fraction of sp³-hybridized carbons (Fsp3) is 0.133. The lowest BCUT2D eigenvalue weighted by atomic mass is 10.3. The van der Waals surface area contributed by atoms with Gasteiger partial charge in [-0.05, 0) is 42.5 Å². The van der Waals surface area contributed by atoms with E-state index in [-0.39, 0.29) is 12.3 Å². The quantitative estimate of drug-likeness (QED) is 0.804. The molecule has 2 aromatic carbocycles. The summed E-state index contributed by atoms with van der Waals surface area (Å²) in [6, 6.07) is 10.5. The highest BCUT2D eigenvalue weighted by Gasteiger charge is 2.05. The maximum Gasteiger partial charge on any atom is 0.225 e. The topological polar surface area (TPSA) is 29.1 Å². The molecule has 21 heavy (non-hydrogen) atoms. The number of thioether (sulfide) groups is 1. The summed E-state index contributed by atoms with van der Waals surface area (Å²) in [6.07, 6.45) is 0.270. The minimum atomic E-state index is -0.884. The molecule has 0 spiro atoms. The number of carbonyl (C=O) groups is 1. The minimum Gasteiger partial charge on any atom is -0.326 e. The van der Waals surface area contributed by atoms with Crippen LogP contribution in [0.1, 0.15) is 6.42 Å². The number of hydrogen-bond acceptors (Lipinski definition) is 2. The van der Waals surface area contributed by atoms with Gasteiger partial charge in [-0.3, -0.25) is 4.79 Å². The van der Waals surface area contributed by atoms with Crippen LogP contribution in [0.2, 0.25) is 5.02 Å². The summed E-state index contributed by atoms with van der Waals surface area (Å²) >= 11 is 7.05. The third kappa shape index (κ3) is 5.02. The summed E-state index contributed by atoms with van der Waals surface area (Å²) in [7, 11) is 0. The zero-order valence-corrected chi connectivity index (χ0v) is 12.5. The van der Waals surface area contributed by atoms with Crippen molar-refractivity contribution in [2.45, 2.75) is 11.3 Å². The van der Waals surface area contributed by atoms with Gasteiger partial charge in [-0.2, -0.15) is 0 Å². The van der Waals surface area contributed by atoms with E-state index in [9.17, 15) is 13.6 Å². The van der Waals surface area contributed by atoms with Crippen LogP contribution in [0.15, 0.2) is 47.4 Å². The number of amides is 1. The van der Waals surface area contributed by atoms with Crippen LogP contribution in [0, 0.1) is 11.6 Å². The molecule has 0 saturated heterocycles. The van der Waals surface area contributed by atoms with E-state index in [1.807, 2.05) is 0 Å². The van der Waals surface area contributed by atoms with Gasteiger partial charge in [-0.15, -0.1) is 11.8 Å². The van der Waals surface area contributed by atoms with Crippen molar-refractivity contribution in [1.29, 1.82) is 0 Å². The molecule has 0 aromatic heterocycles. The molecule has 0 radical (unpaired) electrons. The van der Waals surface area contributed by atoms with Crippen molar-refractivity contribution in [1.82, 2.24) is 0 Å². The number of carbonyl (C=O) groups excluding carboxylic acids is 1. The van der Waals surface area contributed by atoms with Crippen molar-refractivity contribution in [2.75, 3.05) is 11.1 Å². The van der Waals surface area contributed by atoms with Crippen molar-refractivity contribution < 1.29 is 13.6 Å². The molecule has 0 unspecified atom stereocenters. The minimum absolute atomic E-state index is 0.146. The van der Waals surface area contributed by atoms with Crippen LogP contribution in [-0.2, 0) is 4.79 Å². The summed E-state index contributed by atoms with van der Waals surface area (Å²) in [5, 5.41) is 3.33. The van der Waals surface area contributed by atoms with E-state index in [4.69, 9.17) is 11.6 Å². The first-order valence-corrected chi connectivity index (χ1v) is 7.54. The molecule has 0 heterocycles. The second-order valence-corrected chi connectivity index (χ2v) is 5.83. The van der Waals surface area contributed by atoms with Crippen molar-refractivity contribution in [2.24, 2.45) is 0 Å². The summed E-state index contributed by atoms with van der Waals surface area (Å²) < 4.78 is 25.8. The molecule has 1 N–H and O–H groups in total. The third-order valence-corrected chi connectivity index (χ3v) is 3.86. The maximum atomic E-state index is 13.0. The smallest absolute Gasteiger partial charge is 0.225 e. The molecule has 0 aliphatic rings. The van der Waals surface area contributed by atoms with Gasteiger partial charge in [0.15, 0.2) is 11.6 Å². The van der Waals surface area contributed by atoms with Crippen LogP contribution in [0.3, 0.4) is 0 Å². The highest BCUT2D eigenvalue weighted by atomic mass is 35.5. The highest BCUT2D eigenvalue weighted by molar-refractivity contribution is 7.99. The van der Waals surface area contributed by atoms with Crippen molar-refractivity contribution in [3.63, 3.8) is 0 Å². The lowest BCUT2D eigenvalue weighted by Gasteiger charge is -2.05. The normalized spacial score (nSPS) is 10.4. The van der Waals surface area contributed by atoms with Gasteiger partial charge >= 0.3 is 0 Å². The Morgan fingerprint density at radius 2 is 1.81 bits per heavy atom. The Kier molecular flexibility index (Phi) is 5.59. The Bertz CT molecular complexity index is 634. The number of hydrogen-bond donors (Lipinski definition) is 1. The van der Waals surface area contributed by atoms with Crippen molar-refractivity contribution in [3.8, 4) is 0 Å². The number of rotatable bonds is 5. The lowest BCUT2D eigenvalue weighted by Crippen LogP contribution is -2.11. The van der Waals surface area contributed by atoms with Gasteiger partial charge in [-0.1, -0.05) is 11.6 Å². The predicted octanol–water partition coefficient (Wildman–Crippen LogP) is 4.74. The number of nitrogens with one attached hydrogen (secondary N) is 1. The van der Waals surface area contributed by atoms with E-state index in [1.54, 1.807) is 24.3 Å². The molecule has 2 aromatic rings. The standard InChI is InChI=1S/C15H12ClF2NOS/c16-10-1-3-11(4-2-10)19-15(20)7-8-21-12-5-6-13(17)14(18)9-12/h1-6,9H,7-8H2,(H,19,20). The molecule has 0 bridgehead atoms. The van der Waals surface area contributed by atoms with Gasteiger partial charge in [-0.25, -0.2) is 8.78 Å². The average Bonchev–Trinajstić information content (AvgIpc) is 2.45. The van der Waals surface area contributed by atoms with Crippen molar-refractivity contribution >= 4 is 35.0 Å². The number of halogens is 3. The first-order chi connectivity index (χ1) is 10.0. The van der Waals surface area contributed by atoms with Gasteiger partial charge < -0.3 is 5.32 Å². The van der Waals surface area contributed by atoms with Crippen LogP contribution >= 0.6 is 23.4 Å². The Balaban J connectivity index is 1.78. The van der Waals surface area contributed by atoms with Crippen LogP contribution in [-0.4, -0.2) is 11.7 Å². The molecule has 0 aliphatic carbocycles. The fourth-order valence-corrected chi connectivity index (χ4v) is 2.59. The molecule has 0 saturated carbocycles. The van der Waals surface area contributed by atoms with E-state index in [0.717, 1.165) is 12.1 Å². The second kappa shape index (κ2) is 7.43. The molecule has 110 valence electrons. The molecule has 0 atom stereocenters. The molecule has 0 aliphatic heterocycles. The van der Waals surface area contributed by atoms with Crippen LogP contribution in [0.4, 0.5) is 14.5 Å². The van der Waals surface area contributed by atoms with E-state index >= 15 is 0 Å². The zero-order chi connectivity index (χ0) is 15.2. The first-order valence-electron chi connectivity index (χ1n) is 6.18. The zero-order valence-electron chi connectivity index (χ0n) is 10.9. The Morgan fingerprint density at radius 1 is 1.10 bits per heavy atom. The van der Waals surface area contributed by atoms with Gasteiger partial charge in [0.25, 0.3) is 0 Å². The number of benzene rings is 2. The monoisotopic (exact) mass is 327 g/mol. The van der Waals surface area contributed by atoms with Crippen LogP contribution < -0.4 is 5.32 Å². The molecule has 0 fully saturated rings. The Morgan fingerprint density at radius 3 is 2.48 bits per heavy atom. The van der Waals surface area contributed by atoms with E-state index in [1.165, 1.54) is 17.8 Å². The highest BCUT2D eigenvalue weighted by Crippen LogP contribution is 2.21.